The molecular weight excluding hydrogens is 396 g/mol. The molecule has 4 rings (SSSR count). The molecule has 1 atom stereocenters. The minimum absolute atomic E-state index is 0.153. The van der Waals surface area contributed by atoms with E-state index in [1.165, 1.54) is 23.1 Å². The molecule has 0 fully saturated rings. The van der Waals surface area contributed by atoms with E-state index in [0.717, 1.165) is 46.8 Å². The predicted molar refractivity (Wildman–Crippen MR) is 111 cm³/mol. The fraction of sp³-hybridized carbons (Fsp3) is 0.400. The van der Waals surface area contributed by atoms with Gasteiger partial charge in [0.15, 0.2) is 11.5 Å². The molecule has 0 saturated heterocycles. The average Bonchev–Trinajstić information content (AvgIpc) is 3.14. The van der Waals surface area contributed by atoms with Crippen LogP contribution in [0.5, 0.6) is 11.5 Å². The first-order chi connectivity index (χ1) is 13.5. The van der Waals surface area contributed by atoms with Crippen LogP contribution < -0.4 is 20.5 Å². The Kier molecular flexibility index (Phi) is 5.50. The molecule has 8 heteroatoms. The number of thiophene rings is 1. The number of fused-ring (bicyclic) bond motifs is 2. The molecule has 148 valence electrons. The number of hydrogen-bond donors (Lipinski definition) is 2. The van der Waals surface area contributed by atoms with E-state index in [4.69, 9.17) is 15.2 Å². The molecule has 1 aromatic heterocycles. The Labute approximate surface area is 171 Å². The first-order valence-corrected chi connectivity index (χ1v) is 11.0. The lowest BCUT2D eigenvalue weighted by molar-refractivity contribution is -0.115. The van der Waals surface area contributed by atoms with Crippen molar-refractivity contribution in [3.8, 4) is 11.5 Å². The van der Waals surface area contributed by atoms with Crippen LogP contribution in [0.2, 0.25) is 0 Å². The number of carbonyl (C=O) groups is 2. The Hall–Kier alpha value is -2.19. The highest BCUT2D eigenvalue weighted by Crippen LogP contribution is 2.40. The maximum atomic E-state index is 12.7. The van der Waals surface area contributed by atoms with Gasteiger partial charge in [-0.05, 0) is 49.9 Å². The number of ether oxygens (including phenoxy) is 2. The molecule has 2 aromatic rings. The van der Waals surface area contributed by atoms with Crippen LogP contribution in [0, 0.1) is 0 Å². The van der Waals surface area contributed by atoms with Gasteiger partial charge in [-0.1, -0.05) is 0 Å². The predicted octanol–water partition coefficient (Wildman–Crippen LogP) is 3.62. The topological polar surface area (TPSA) is 90.7 Å². The molecular formula is C20H22N2O4S2. The van der Waals surface area contributed by atoms with Gasteiger partial charge in [0.25, 0.3) is 5.91 Å². The van der Waals surface area contributed by atoms with Crippen LogP contribution in [0.25, 0.3) is 0 Å². The van der Waals surface area contributed by atoms with Crippen LogP contribution >= 0.6 is 23.1 Å². The van der Waals surface area contributed by atoms with Crippen LogP contribution in [0.1, 0.15) is 40.6 Å². The SMILES string of the molecule is C[C@H](Sc1ccc2c(c1)OCCCO2)C(=O)Nc1sc2c(c1C(N)=O)CCC2. The maximum Gasteiger partial charge on any atom is 0.251 e. The number of hydrogen-bond acceptors (Lipinski definition) is 6. The van der Waals surface area contributed by atoms with Gasteiger partial charge in [0.2, 0.25) is 5.91 Å². The van der Waals surface area contributed by atoms with Crippen molar-refractivity contribution >= 4 is 39.9 Å². The summed E-state index contributed by atoms with van der Waals surface area (Å²) in [5, 5.41) is 3.15. The van der Waals surface area contributed by atoms with Crippen LogP contribution in [-0.4, -0.2) is 30.3 Å². The van der Waals surface area contributed by atoms with Gasteiger partial charge >= 0.3 is 0 Å². The lowest BCUT2D eigenvalue weighted by Gasteiger charge is -2.14. The van der Waals surface area contributed by atoms with E-state index in [2.05, 4.69) is 5.32 Å². The molecule has 1 aliphatic heterocycles. The average molecular weight is 419 g/mol. The number of nitrogens with one attached hydrogen (secondary N) is 1. The second-order valence-electron chi connectivity index (χ2n) is 6.83. The van der Waals surface area contributed by atoms with E-state index in [0.29, 0.717) is 29.5 Å². The lowest BCUT2D eigenvalue weighted by Crippen LogP contribution is -2.24. The fourth-order valence-corrected chi connectivity index (χ4v) is 5.63. The number of benzene rings is 1. The van der Waals surface area contributed by atoms with Gasteiger partial charge in [0.1, 0.15) is 5.00 Å². The van der Waals surface area contributed by atoms with Gasteiger partial charge in [-0.3, -0.25) is 9.59 Å². The molecule has 0 saturated carbocycles. The van der Waals surface area contributed by atoms with Crippen molar-refractivity contribution in [3.05, 3.63) is 34.2 Å². The van der Waals surface area contributed by atoms with Gasteiger partial charge in [-0.2, -0.15) is 0 Å². The minimum Gasteiger partial charge on any atom is -0.490 e. The molecule has 28 heavy (non-hydrogen) atoms. The standard InChI is InChI=1S/C20H22N2O4S2/c1-11(27-12-6-7-14-15(10-12)26-9-3-8-25-14)19(24)22-20-17(18(21)23)13-4-2-5-16(13)28-20/h6-7,10-11H,2-5,8-9H2,1H3,(H2,21,23)(H,22,24)/t11-/m0/s1. The smallest absolute Gasteiger partial charge is 0.251 e. The number of carbonyl (C=O) groups excluding carboxylic acids is 2. The number of thioether (sulfide) groups is 1. The summed E-state index contributed by atoms with van der Waals surface area (Å²) in [7, 11) is 0. The number of nitrogens with two attached hydrogens (primary N) is 1. The van der Waals surface area contributed by atoms with Crippen molar-refractivity contribution in [3.63, 3.8) is 0 Å². The Bertz CT molecular complexity index is 925. The molecule has 2 aliphatic rings. The van der Waals surface area contributed by atoms with Crippen molar-refractivity contribution in [2.75, 3.05) is 18.5 Å². The van der Waals surface area contributed by atoms with Gasteiger partial charge in [-0.25, -0.2) is 0 Å². The largest absolute Gasteiger partial charge is 0.490 e. The van der Waals surface area contributed by atoms with Crippen molar-refractivity contribution in [2.45, 2.75) is 42.8 Å². The quantitative estimate of drug-likeness (QED) is 0.724. The number of anilines is 1. The van der Waals surface area contributed by atoms with Crippen molar-refractivity contribution in [1.82, 2.24) is 0 Å². The molecule has 0 spiro atoms. The van der Waals surface area contributed by atoms with E-state index in [9.17, 15) is 9.59 Å². The van der Waals surface area contributed by atoms with E-state index in [1.54, 1.807) is 0 Å². The molecule has 6 nitrogen and oxygen atoms in total. The highest BCUT2D eigenvalue weighted by Gasteiger charge is 2.27. The monoisotopic (exact) mass is 418 g/mol. The summed E-state index contributed by atoms with van der Waals surface area (Å²) in [6.07, 6.45) is 3.67. The molecule has 0 unspecified atom stereocenters. The van der Waals surface area contributed by atoms with E-state index in [-0.39, 0.29) is 11.2 Å². The van der Waals surface area contributed by atoms with Gasteiger partial charge in [0.05, 0.1) is 24.0 Å². The first kappa shape index (κ1) is 19.1. The normalized spacial score (nSPS) is 16.2. The van der Waals surface area contributed by atoms with Crippen LogP contribution in [0.15, 0.2) is 23.1 Å². The summed E-state index contributed by atoms with van der Waals surface area (Å²) in [4.78, 5) is 26.7. The summed E-state index contributed by atoms with van der Waals surface area (Å²) in [6.45, 7) is 3.11. The van der Waals surface area contributed by atoms with Gasteiger partial charge < -0.3 is 20.5 Å². The summed E-state index contributed by atoms with van der Waals surface area (Å²) in [5.41, 5.74) is 7.07. The third kappa shape index (κ3) is 3.84. The first-order valence-electron chi connectivity index (χ1n) is 9.34. The zero-order valence-corrected chi connectivity index (χ0v) is 17.2. The van der Waals surface area contributed by atoms with Crippen molar-refractivity contribution < 1.29 is 19.1 Å². The number of amides is 2. The summed E-state index contributed by atoms with van der Waals surface area (Å²) in [6, 6.07) is 5.71. The van der Waals surface area contributed by atoms with Crippen LogP contribution in [0.4, 0.5) is 5.00 Å². The Balaban J connectivity index is 1.46. The summed E-state index contributed by atoms with van der Waals surface area (Å²) in [5.74, 6) is 0.816. The van der Waals surface area contributed by atoms with Crippen LogP contribution in [0.3, 0.4) is 0 Å². The molecule has 2 heterocycles. The zero-order valence-electron chi connectivity index (χ0n) is 15.6. The summed E-state index contributed by atoms with van der Waals surface area (Å²) >= 11 is 2.91. The highest BCUT2D eigenvalue weighted by molar-refractivity contribution is 8.00. The zero-order chi connectivity index (χ0) is 19.7. The molecule has 0 bridgehead atoms. The molecule has 1 aromatic carbocycles. The molecule has 3 N–H and O–H groups in total. The summed E-state index contributed by atoms with van der Waals surface area (Å²) < 4.78 is 11.4. The third-order valence-corrected chi connectivity index (χ3v) is 7.11. The van der Waals surface area contributed by atoms with E-state index < -0.39 is 5.91 Å². The Morgan fingerprint density at radius 1 is 1.18 bits per heavy atom. The number of aryl methyl sites for hydroxylation is 1. The number of primary amides is 1. The Morgan fingerprint density at radius 2 is 1.96 bits per heavy atom. The van der Waals surface area contributed by atoms with Crippen LogP contribution in [-0.2, 0) is 17.6 Å². The van der Waals surface area contributed by atoms with Gasteiger partial charge in [0, 0.05) is 16.2 Å². The lowest BCUT2D eigenvalue weighted by atomic mass is 10.1. The minimum atomic E-state index is -0.474. The van der Waals surface area contributed by atoms with E-state index in [1.807, 2.05) is 25.1 Å². The molecule has 2 amide bonds. The Morgan fingerprint density at radius 3 is 2.75 bits per heavy atom. The number of rotatable bonds is 5. The highest BCUT2D eigenvalue weighted by atomic mass is 32.2. The fourth-order valence-electron chi connectivity index (χ4n) is 3.44. The second-order valence-corrected chi connectivity index (χ2v) is 9.35. The molecule has 0 radical (unpaired) electrons. The second kappa shape index (κ2) is 8.05. The van der Waals surface area contributed by atoms with E-state index >= 15 is 0 Å². The van der Waals surface area contributed by atoms with Crippen molar-refractivity contribution in [2.24, 2.45) is 5.73 Å². The maximum absolute atomic E-state index is 12.7. The van der Waals surface area contributed by atoms with Gasteiger partial charge in [-0.15, -0.1) is 23.1 Å². The van der Waals surface area contributed by atoms with Crippen molar-refractivity contribution in [1.29, 1.82) is 0 Å². The third-order valence-electron chi connectivity index (χ3n) is 4.81. The molecule has 1 aliphatic carbocycles.